The van der Waals surface area contributed by atoms with Crippen molar-refractivity contribution in [2.75, 3.05) is 0 Å². The highest BCUT2D eigenvalue weighted by Gasteiger charge is 2.60. The van der Waals surface area contributed by atoms with Gasteiger partial charge in [0, 0.05) is 17.3 Å². The largest absolute Gasteiger partial charge is 0.369 e. The number of carbonyl (C=O) groups is 1. The summed E-state index contributed by atoms with van der Waals surface area (Å²) in [6.45, 7) is 0. The first kappa shape index (κ1) is 11.5. The molecule has 1 aromatic rings. The Morgan fingerprint density at radius 3 is 2.44 bits per heavy atom. The lowest BCUT2D eigenvalue weighted by Gasteiger charge is -2.45. The van der Waals surface area contributed by atoms with E-state index < -0.39 is 30.1 Å². The second-order valence-electron chi connectivity index (χ2n) is 4.17. The first-order chi connectivity index (χ1) is 7.36. The summed E-state index contributed by atoms with van der Waals surface area (Å²) < 4.78 is 26.7. The Bertz CT molecular complexity index is 439. The summed E-state index contributed by atoms with van der Waals surface area (Å²) in [5.41, 5.74) is 4.60. The normalized spacial score (nSPS) is 21.2. The number of halogens is 3. The highest BCUT2D eigenvalue weighted by Crippen LogP contribution is 2.53. The van der Waals surface area contributed by atoms with E-state index in [4.69, 9.17) is 5.73 Å². The lowest BCUT2D eigenvalue weighted by atomic mass is 9.61. The molecule has 2 nitrogen and oxygen atoms in total. The van der Waals surface area contributed by atoms with E-state index >= 15 is 0 Å². The van der Waals surface area contributed by atoms with Gasteiger partial charge in [0.15, 0.2) is 0 Å². The molecule has 0 saturated heterocycles. The Morgan fingerprint density at radius 2 is 2.00 bits per heavy atom. The van der Waals surface area contributed by atoms with E-state index in [0.29, 0.717) is 5.56 Å². The molecule has 0 heterocycles. The molecular formula is C11H10BrF2NO. The highest BCUT2D eigenvalue weighted by molar-refractivity contribution is 9.10. The van der Waals surface area contributed by atoms with Gasteiger partial charge in [-0.2, -0.15) is 0 Å². The first-order valence-electron chi connectivity index (χ1n) is 4.80. The van der Waals surface area contributed by atoms with Crippen LogP contribution in [-0.2, 0) is 10.2 Å². The zero-order valence-corrected chi connectivity index (χ0v) is 9.93. The fourth-order valence-corrected chi connectivity index (χ4v) is 2.54. The molecule has 1 aliphatic carbocycles. The number of benzene rings is 1. The van der Waals surface area contributed by atoms with Crippen molar-refractivity contribution in [1.82, 2.24) is 0 Å². The molecule has 0 radical (unpaired) electrons. The molecule has 0 bridgehead atoms. The topological polar surface area (TPSA) is 43.1 Å². The van der Waals surface area contributed by atoms with Crippen LogP contribution in [0.5, 0.6) is 0 Å². The Morgan fingerprint density at radius 1 is 1.38 bits per heavy atom. The molecule has 0 spiro atoms. The molecule has 16 heavy (non-hydrogen) atoms. The maximum absolute atomic E-state index is 13.0. The maximum Gasteiger partial charge on any atom is 0.250 e. The van der Waals surface area contributed by atoms with E-state index in [9.17, 15) is 13.6 Å². The zero-order chi connectivity index (χ0) is 12.0. The quantitative estimate of drug-likeness (QED) is 0.894. The summed E-state index contributed by atoms with van der Waals surface area (Å²) in [5, 5.41) is 0. The molecule has 1 aliphatic rings. The van der Waals surface area contributed by atoms with Gasteiger partial charge in [-0.05, 0) is 17.7 Å². The van der Waals surface area contributed by atoms with Crippen molar-refractivity contribution in [2.24, 2.45) is 5.73 Å². The predicted octanol–water partition coefficient (Wildman–Crippen LogP) is 2.60. The molecule has 1 amide bonds. The van der Waals surface area contributed by atoms with E-state index in [1.807, 2.05) is 0 Å². The molecule has 1 aromatic carbocycles. The summed E-state index contributed by atoms with van der Waals surface area (Å²) in [4.78, 5) is 11.4. The number of primary amides is 1. The molecule has 0 aromatic heterocycles. The van der Waals surface area contributed by atoms with Gasteiger partial charge in [-0.15, -0.1) is 0 Å². The predicted molar refractivity (Wildman–Crippen MR) is 59.2 cm³/mol. The van der Waals surface area contributed by atoms with Crippen molar-refractivity contribution in [1.29, 1.82) is 0 Å². The molecular weight excluding hydrogens is 280 g/mol. The Hall–Kier alpha value is -0.970. The Balaban J connectivity index is 2.40. The van der Waals surface area contributed by atoms with Gasteiger partial charge >= 0.3 is 0 Å². The smallest absolute Gasteiger partial charge is 0.250 e. The highest BCUT2D eigenvalue weighted by atomic mass is 79.9. The molecule has 1 fully saturated rings. The molecule has 0 aliphatic heterocycles. The second-order valence-corrected chi connectivity index (χ2v) is 5.08. The molecule has 0 atom stereocenters. The van der Waals surface area contributed by atoms with Crippen LogP contribution < -0.4 is 5.73 Å². The molecule has 0 unspecified atom stereocenters. The van der Waals surface area contributed by atoms with Gasteiger partial charge in [0.1, 0.15) is 0 Å². The van der Waals surface area contributed by atoms with Crippen LogP contribution in [0.1, 0.15) is 18.4 Å². The van der Waals surface area contributed by atoms with Crippen molar-refractivity contribution < 1.29 is 13.6 Å². The standard InChI is InChI=1S/C11H10BrF2NO/c12-8-3-1-2-7(4-8)10(9(15)16)5-11(13,14)6-10/h1-4H,5-6H2,(H2,15,16). The van der Waals surface area contributed by atoms with Crippen LogP contribution in [0.3, 0.4) is 0 Å². The maximum atomic E-state index is 13.0. The lowest BCUT2D eigenvalue weighted by molar-refractivity contribution is -0.156. The monoisotopic (exact) mass is 289 g/mol. The minimum absolute atomic E-state index is 0.494. The van der Waals surface area contributed by atoms with Gasteiger partial charge in [-0.25, -0.2) is 8.78 Å². The Labute approximate surface area is 100.0 Å². The summed E-state index contributed by atoms with van der Waals surface area (Å²) in [5.74, 6) is -3.46. The summed E-state index contributed by atoms with van der Waals surface area (Å²) in [7, 11) is 0. The molecule has 2 N–H and O–H groups in total. The number of carbonyl (C=O) groups excluding carboxylic acids is 1. The fourth-order valence-electron chi connectivity index (χ4n) is 2.14. The van der Waals surface area contributed by atoms with Crippen LogP contribution in [0.2, 0.25) is 0 Å². The summed E-state index contributed by atoms with van der Waals surface area (Å²) >= 11 is 3.25. The molecule has 86 valence electrons. The van der Waals surface area contributed by atoms with E-state index in [2.05, 4.69) is 15.9 Å². The molecule has 2 rings (SSSR count). The van der Waals surface area contributed by atoms with E-state index in [0.717, 1.165) is 4.47 Å². The summed E-state index contributed by atoms with van der Waals surface area (Å²) in [6, 6.07) is 6.81. The first-order valence-corrected chi connectivity index (χ1v) is 5.59. The van der Waals surface area contributed by atoms with Gasteiger partial charge in [0.2, 0.25) is 5.91 Å². The fraction of sp³-hybridized carbons (Fsp3) is 0.364. The minimum Gasteiger partial charge on any atom is -0.369 e. The second kappa shape index (κ2) is 3.52. The van der Waals surface area contributed by atoms with Crippen molar-refractivity contribution in [3.05, 3.63) is 34.3 Å². The average molecular weight is 290 g/mol. The third kappa shape index (κ3) is 1.73. The van der Waals surface area contributed by atoms with Crippen molar-refractivity contribution in [2.45, 2.75) is 24.2 Å². The van der Waals surface area contributed by atoms with Crippen molar-refractivity contribution in [3.63, 3.8) is 0 Å². The van der Waals surface area contributed by atoms with Crippen LogP contribution >= 0.6 is 15.9 Å². The van der Waals surface area contributed by atoms with Crippen molar-refractivity contribution in [3.8, 4) is 0 Å². The van der Waals surface area contributed by atoms with Crippen molar-refractivity contribution >= 4 is 21.8 Å². The van der Waals surface area contributed by atoms with Crippen LogP contribution in [-0.4, -0.2) is 11.8 Å². The number of alkyl halides is 2. The third-order valence-electron chi connectivity index (χ3n) is 2.97. The van der Waals surface area contributed by atoms with Crippen LogP contribution in [0.4, 0.5) is 8.78 Å². The zero-order valence-electron chi connectivity index (χ0n) is 8.34. The van der Waals surface area contributed by atoms with E-state index in [-0.39, 0.29) is 0 Å². The number of hydrogen-bond acceptors (Lipinski definition) is 1. The van der Waals surface area contributed by atoms with Gasteiger partial charge in [-0.3, -0.25) is 4.79 Å². The van der Waals surface area contributed by atoms with Crippen LogP contribution in [0, 0.1) is 0 Å². The van der Waals surface area contributed by atoms with Crippen LogP contribution in [0.25, 0.3) is 0 Å². The number of hydrogen-bond donors (Lipinski definition) is 1. The van der Waals surface area contributed by atoms with Crippen LogP contribution in [0.15, 0.2) is 28.7 Å². The van der Waals surface area contributed by atoms with Gasteiger partial charge in [0.25, 0.3) is 5.92 Å². The lowest BCUT2D eigenvalue weighted by Crippen LogP contribution is -2.57. The Kier molecular flexibility index (Phi) is 2.53. The molecule has 1 saturated carbocycles. The SMILES string of the molecule is NC(=O)C1(c2cccc(Br)c2)CC(F)(F)C1. The third-order valence-corrected chi connectivity index (χ3v) is 3.46. The average Bonchev–Trinajstić information content (AvgIpc) is 2.13. The minimum atomic E-state index is -2.78. The summed E-state index contributed by atoms with van der Waals surface area (Å²) in [6.07, 6.45) is -0.989. The number of rotatable bonds is 2. The molecule has 5 heteroatoms. The van der Waals surface area contributed by atoms with Gasteiger partial charge in [-0.1, -0.05) is 28.1 Å². The number of nitrogens with two attached hydrogens (primary N) is 1. The van der Waals surface area contributed by atoms with E-state index in [1.165, 1.54) is 0 Å². The van der Waals surface area contributed by atoms with E-state index in [1.54, 1.807) is 24.3 Å². The van der Waals surface area contributed by atoms with Gasteiger partial charge in [0.05, 0.1) is 5.41 Å². The number of amides is 1. The van der Waals surface area contributed by atoms with Gasteiger partial charge < -0.3 is 5.73 Å².